The number of pyridine rings is 1. The molecule has 0 amide bonds. The average molecular weight is 133 g/mol. The minimum atomic E-state index is -0.0369. The van der Waals surface area contributed by atoms with E-state index in [1.165, 1.54) is 0 Å². The second-order valence-electron chi connectivity index (χ2n) is 1.84. The van der Waals surface area contributed by atoms with Crippen molar-refractivity contribution < 1.29 is 5.11 Å². The van der Waals surface area contributed by atoms with E-state index in [1.807, 2.05) is 0 Å². The van der Waals surface area contributed by atoms with Gasteiger partial charge in [-0.3, -0.25) is 4.98 Å². The van der Waals surface area contributed by atoms with Gasteiger partial charge >= 0.3 is 0 Å². The normalized spacial score (nSPS) is 8.80. The van der Waals surface area contributed by atoms with Crippen molar-refractivity contribution in [2.75, 3.05) is 0 Å². The van der Waals surface area contributed by atoms with E-state index < -0.39 is 0 Å². The van der Waals surface area contributed by atoms with Gasteiger partial charge in [-0.15, -0.1) is 6.42 Å². The summed E-state index contributed by atoms with van der Waals surface area (Å²) in [4.78, 5) is 3.88. The number of aliphatic hydroxyl groups is 1. The standard InChI is InChI=1S/C8H7NO/c1-2-7-3-4-8(6-10)9-5-7/h1,3-5,10H,6H2. The van der Waals surface area contributed by atoms with Gasteiger partial charge in [-0.05, 0) is 12.1 Å². The predicted molar refractivity (Wildman–Crippen MR) is 38.1 cm³/mol. The van der Waals surface area contributed by atoms with Crippen LogP contribution in [0.15, 0.2) is 18.3 Å². The molecule has 0 saturated carbocycles. The van der Waals surface area contributed by atoms with Crippen molar-refractivity contribution in [1.82, 2.24) is 4.98 Å². The number of hydrogen-bond donors (Lipinski definition) is 1. The molecular weight excluding hydrogens is 126 g/mol. The molecule has 0 unspecified atom stereocenters. The van der Waals surface area contributed by atoms with Gasteiger partial charge in [-0.25, -0.2) is 0 Å². The molecule has 0 fully saturated rings. The molecule has 0 aliphatic heterocycles. The molecule has 10 heavy (non-hydrogen) atoms. The number of nitrogens with zero attached hydrogens (tertiary/aromatic N) is 1. The van der Waals surface area contributed by atoms with Gasteiger partial charge in [0.2, 0.25) is 0 Å². The molecule has 0 radical (unpaired) electrons. The maximum absolute atomic E-state index is 8.59. The third kappa shape index (κ3) is 1.34. The van der Waals surface area contributed by atoms with Crippen LogP contribution in [-0.4, -0.2) is 10.1 Å². The van der Waals surface area contributed by atoms with E-state index in [4.69, 9.17) is 11.5 Å². The highest BCUT2D eigenvalue weighted by Crippen LogP contribution is 1.97. The molecule has 1 rings (SSSR count). The van der Waals surface area contributed by atoms with Crippen LogP contribution in [-0.2, 0) is 6.61 Å². The molecule has 0 aromatic carbocycles. The van der Waals surface area contributed by atoms with Crippen LogP contribution in [0.25, 0.3) is 0 Å². The lowest BCUT2D eigenvalue weighted by molar-refractivity contribution is 0.277. The lowest BCUT2D eigenvalue weighted by Gasteiger charge is -1.92. The molecule has 1 heterocycles. The maximum atomic E-state index is 8.59. The van der Waals surface area contributed by atoms with Crippen LogP contribution in [0.3, 0.4) is 0 Å². The second-order valence-corrected chi connectivity index (χ2v) is 1.84. The zero-order valence-corrected chi connectivity index (χ0v) is 5.41. The summed E-state index contributed by atoms with van der Waals surface area (Å²) >= 11 is 0. The molecule has 1 aromatic rings. The summed E-state index contributed by atoms with van der Waals surface area (Å²) in [5.74, 6) is 2.43. The molecule has 0 spiro atoms. The number of aliphatic hydroxyl groups excluding tert-OH is 1. The van der Waals surface area contributed by atoms with Crippen molar-refractivity contribution >= 4 is 0 Å². The number of hydrogen-bond acceptors (Lipinski definition) is 2. The van der Waals surface area contributed by atoms with Crippen molar-refractivity contribution in [1.29, 1.82) is 0 Å². The van der Waals surface area contributed by atoms with E-state index in [-0.39, 0.29) is 6.61 Å². The molecule has 0 bridgehead atoms. The monoisotopic (exact) mass is 133 g/mol. The Morgan fingerprint density at radius 1 is 1.60 bits per heavy atom. The van der Waals surface area contributed by atoms with E-state index in [0.29, 0.717) is 5.69 Å². The fourth-order valence-corrected chi connectivity index (χ4v) is 0.603. The summed E-state index contributed by atoms with van der Waals surface area (Å²) in [6, 6.07) is 3.45. The van der Waals surface area contributed by atoms with E-state index in [0.717, 1.165) is 5.56 Å². The van der Waals surface area contributed by atoms with E-state index in [9.17, 15) is 0 Å². The number of terminal acetylenes is 1. The first kappa shape index (κ1) is 6.79. The molecule has 0 aliphatic carbocycles. The Bertz CT molecular complexity index is 245. The van der Waals surface area contributed by atoms with E-state index in [1.54, 1.807) is 18.3 Å². The zero-order valence-electron chi connectivity index (χ0n) is 5.41. The van der Waals surface area contributed by atoms with Gasteiger partial charge < -0.3 is 5.11 Å². The summed E-state index contributed by atoms with van der Waals surface area (Å²) in [5, 5.41) is 8.59. The van der Waals surface area contributed by atoms with Gasteiger partial charge in [0.1, 0.15) is 0 Å². The highest BCUT2D eigenvalue weighted by Gasteiger charge is 1.89. The minimum absolute atomic E-state index is 0.0369. The fourth-order valence-electron chi connectivity index (χ4n) is 0.603. The van der Waals surface area contributed by atoms with E-state index in [2.05, 4.69) is 10.9 Å². The molecule has 1 aromatic heterocycles. The Morgan fingerprint density at radius 3 is 2.80 bits per heavy atom. The van der Waals surface area contributed by atoms with Crippen molar-refractivity contribution in [3.05, 3.63) is 29.6 Å². The van der Waals surface area contributed by atoms with Gasteiger partial charge in [0.25, 0.3) is 0 Å². The highest BCUT2D eigenvalue weighted by atomic mass is 16.3. The van der Waals surface area contributed by atoms with Crippen LogP contribution in [0.5, 0.6) is 0 Å². The number of rotatable bonds is 1. The van der Waals surface area contributed by atoms with E-state index >= 15 is 0 Å². The SMILES string of the molecule is C#Cc1ccc(CO)nc1. The quantitative estimate of drug-likeness (QED) is 0.568. The Balaban J connectivity index is 2.93. The minimum Gasteiger partial charge on any atom is -0.390 e. The summed E-state index contributed by atoms with van der Waals surface area (Å²) in [5.41, 5.74) is 1.37. The summed E-state index contributed by atoms with van der Waals surface area (Å²) in [6.45, 7) is -0.0369. The van der Waals surface area contributed by atoms with Crippen LogP contribution < -0.4 is 0 Å². The van der Waals surface area contributed by atoms with Gasteiger partial charge in [-0.2, -0.15) is 0 Å². The van der Waals surface area contributed by atoms with Crippen molar-refractivity contribution in [2.24, 2.45) is 0 Å². The lowest BCUT2D eigenvalue weighted by atomic mass is 10.3. The highest BCUT2D eigenvalue weighted by molar-refractivity contribution is 5.29. The Kier molecular flexibility index (Phi) is 2.03. The second kappa shape index (κ2) is 3.00. The predicted octanol–water partition coefficient (Wildman–Crippen LogP) is 0.555. The topological polar surface area (TPSA) is 33.1 Å². The van der Waals surface area contributed by atoms with Crippen molar-refractivity contribution in [2.45, 2.75) is 6.61 Å². The van der Waals surface area contributed by atoms with Crippen LogP contribution in [0, 0.1) is 12.3 Å². The third-order valence-corrected chi connectivity index (χ3v) is 1.15. The van der Waals surface area contributed by atoms with Crippen LogP contribution in [0.2, 0.25) is 0 Å². The fraction of sp³-hybridized carbons (Fsp3) is 0.125. The van der Waals surface area contributed by atoms with Crippen LogP contribution in [0.1, 0.15) is 11.3 Å². The number of aromatic nitrogens is 1. The van der Waals surface area contributed by atoms with Gasteiger partial charge in [-0.1, -0.05) is 5.92 Å². The third-order valence-electron chi connectivity index (χ3n) is 1.15. The summed E-state index contributed by atoms with van der Waals surface area (Å²) < 4.78 is 0. The molecule has 0 aliphatic rings. The Hall–Kier alpha value is -1.33. The van der Waals surface area contributed by atoms with Crippen molar-refractivity contribution in [3.63, 3.8) is 0 Å². The van der Waals surface area contributed by atoms with Gasteiger partial charge in [0.05, 0.1) is 12.3 Å². The molecule has 0 saturated heterocycles. The average Bonchev–Trinajstić information content (AvgIpc) is 2.05. The first-order valence-electron chi connectivity index (χ1n) is 2.89. The lowest BCUT2D eigenvalue weighted by Crippen LogP contribution is -1.87. The van der Waals surface area contributed by atoms with Gasteiger partial charge in [0, 0.05) is 11.8 Å². The Labute approximate surface area is 59.5 Å². The summed E-state index contributed by atoms with van der Waals surface area (Å²) in [6.07, 6.45) is 6.65. The van der Waals surface area contributed by atoms with Crippen LogP contribution in [0.4, 0.5) is 0 Å². The Morgan fingerprint density at radius 2 is 2.40 bits per heavy atom. The van der Waals surface area contributed by atoms with Gasteiger partial charge in [0.15, 0.2) is 0 Å². The van der Waals surface area contributed by atoms with Crippen molar-refractivity contribution in [3.8, 4) is 12.3 Å². The zero-order chi connectivity index (χ0) is 7.40. The largest absolute Gasteiger partial charge is 0.390 e. The molecule has 2 nitrogen and oxygen atoms in total. The molecule has 2 heteroatoms. The molecule has 50 valence electrons. The smallest absolute Gasteiger partial charge is 0.0852 e. The first-order valence-corrected chi connectivity index (χ1v) is 2.89. The summed E-state index contributed by atoms with van der Waals surface area (Å²) in [7, 11) is 0. The molecule has 1 N–H and O–H groups in total. The molecular formula is C8H7NO. The molecule has 0 atom stereocenters. The van der Waals surface area contributed by atoms with Crippen LogP contribution >= 0.6 is 0 Å². The first-order chi connectivity index (χ1) is 4.86. The maximum Gasteiger partial charge on any atom is 0.0852 e.